The molecule has 1 N–H and O–H groups in total. The van der Waals surface area contributed by atoms with Gasteiger partial charge in [-0.25, -0.2) is 0 Å². The highest BCUT2D eigenvalue weighted by Crippen LogP contribution is 1.76. The first-order valence-corrected chi connectivity index (χ1v) is 3.16. The van der Waals surface area contributed by atoms with E-state index >= 15 is 0 Å². The maximum Gasteiger partial charge on any atom is 0.306 e. The van der Waals surface area contributed by atoms with E-state index in [0.717, 1.165) is 0 Å². The third-order valence-electron chi connectivity index (χ3n) is 1.15. The normalized spacial score (nSPS) is 9.91. The van der Waals surface area contributed by atoms with Gasteiger partial charge in [-0.3, -0.25) is 4.79 Å². The standard InChI is InChI=1S/C5H8N4O2/c1-8-6-4-9(7-8)3-2-5(10)11/h4H,2-3H2,1H3/p+1. The van der Waals surface area contributed by atoms with E-state index in [1.807, 2.05) is 0 Å². The number of aryl methyl sites for hydroxylation is 2. The average molecular weight is 157 g/mol. The van der Waals surface area contributed by atoms with Crippen molar-refractivity contribution in [2.24, 2.45) is 7.05 Å². The molecule has 0 radical (unpaired) electrons. The number of tetrazole rings is 1. The van der Waals surface area contributed by atoms with E-state index in [9.17, 15) is 4.79 Å². The zero-order chi connectivity index (χ0) is 8.27. The molecule has 0 aliphatic heterocycles. The number of carboxylic acids is 1. The van der Waals surface area contributed by atoms with Gasteiger partial charge in [0.15, 0.2) is 0 Å². The van der Waals surface area contributed by atoms with E-state index in [2.05, 4.69) is 10.3 Å². The molecule has 0 amide bonds. The zero-order valence-electron chi connectivity index (χ0n) is 6.14. The molecular formula is C5H9N4O2+. The van der Waals surface area contributed by atoms with Crippen LogP contribution in [0.25, 0.3) is 0 Å². The fourth-order valence-corrected chi connectivity index (χ4v) is 0.659. The minimum atomic E-state index is -0.830. The van der Waals surface area contributed by atoms with Crippen LogP contribution < -0.4 is 4.68 Å². The summed E-state index contributed by atoms with van der Waals surface area (Å²) in [5.74, 6) is -0.830. The molecule has 0 aromatic carbocycles. The van der Waals surface area contributed by atoms with Gasteiger partial charge in [-0.15, -0.1) is 4.68 Å². The largest absolute Gasteiger partial charge is 0.481 e. The Morgan fingerprint density at radius 1 is 1.82 bits per heavy atom. The first-order valence-electron chi connectivity index (χ1n) is 3.16. The Hall–Kier alpha value is -1.46. The Kier molecular flexibility index (Phi) is 2.15. The van der Waals surface area contributed by atoms with E-state index in [-0.39, 0.29) is 6.42 Å². The van der Waals surface area contributed by atoms with E-state index in [1.165, 1.54) is 15.8 Å². The summed E-state index contributed by atoms with van der Waals surface area (Å²) < 4.78 is 1.48. The molecule has 0 bridgehead atoms. The average Bonchev–Trinajstić information content (AvgIpc) is 2.31. The number of hydrogen-bond donors (Lipinski definition) is 1. The molecule has 0 fully saturated rings. The molecule has 0 spiro atoms. The molecule has 1 aromatic rings. The van der Waals surface area contributed by atoms with Gasteiger partial charge >= 0.3 is 5.97 Å². The summed E-state index contributed by atoms with van der Waals surface area (Å²) in [4.78, 5) is 11.5. The molecule has 0 unspecified atom stereocenters. The molecule has 1 rings (SSSR count). The van der Waals surface area contributed by atoms with Gasteiger partial charge in [0.25, 0.3) is 6.33 Å². The van der Waals surface area contributed by atoms with Crippen molar-refractivity contribution < 1.29 is 14.6 Å². The Morgan fingerprint density at radius 3 is 3.00 bits per heavy atom. The third kappa shape index (κ3) is 2.32. The maximum atomic E-state index is 10.1. The number of carboxylic acid groups (broad SMARTS) is 1. The van der Waals surface area contributed by atoms with Crippen molar-refractivity contribution in [3.05, 3.63) is 6.33 Å². The molecule has 1 heterocycles. The molecule has 60 valence electrons. The van der Waals surface area contributed by atoms with Crippen LogP contribution in [0.3, 0.4) is 0 Å². The molecule has 0 aliphatic rings. The van der Waals surface area contributed by atoms with Crippen LogP contribution in [0.2, 0.25) is 0 Å². The Labute approximate surface area is 63.0 Å². The summed E-state index contributed by atoms with van der Waals surface area (Å²) in [7, 11) is 1.68. The summed E-state index contributed by atoms with van der Waals surface area (Å²) in [5.41, 5.74) is 0. The maximum absolute atomic E-state index is 10.1. The van der Waals surface area contributed by atoms with Gasteiger partial charge in [-0.05, 0) is 4.80 Å². The van der Waals surface area contributed by atoms with Crippen LogP contribution in [0.1, 0.15) is 6.42 Å². The Morgan fingerprint density at radius 2 is 2.55 bits per heavy atom. The molecule has 0 atom stereocenters. The van der Waals surface area contributed by atoms with E-state index in [4.69, 9.17) is 5.11 Å². The van der Waals surface area contributed by atoms with E-state index < -0.39 is 5.97 Å². The fraction of sp³-hybridized carbons (Fsp3) is 0.600. The number of aromatic nitrogens is 4. The summed E-state index contributed by atoms with van der Waals surface area (Å²) in [6, 6.07) is 0. The minimum Gasteiger partial charge on any atom is -0.481 e. The van der Waals surface area contributed by atoms with Crippen molar-refractivity contribution in [1.29, 1.82) is 0 Å². The second kappa shape index (κ2) is 3.09. The quantitative estimate of drug-likeness (QED) is 0.546. The van der Waals surface area contributed by atoms with Crippen LogP contribution in [0, 0.1) is 0 Å². The number of aliphatic carboxylic acids is 1. The SMILES string of the molecule is Cn1nc[n+](CCC(=O)O)n1. The third-order valence-corrected chi connectivity index (χ3v) is 1.15. The highest BCUT2D eigenvalue weighted by atomic mass is 16.4. The van der Waals surface area contributed by atoms with Gasteiger partial charge < -0.3 is 5.11 Å². The monoisotopic (exact) mass is 157 g/mol. The molecule has 0 saturated heterocycles. The first-order chi connectivity index (χ1) is 5.18. The molecule has 11 heavy (non-hydrogen) atoms. The minimum absolute atomic E-state index is 0.0728. The lowest BCUT2D eigenvalue weighted by molar-refractivity contribution is -0.755. The first kappa shape index (κ1) is 7.64. The van der Waals surface area contributed by atoms with Gasteiger partial charge in [0.2, 0.25) is 0 Å². The van der Waals surface area contributed by atoms with Crippen LogP contribution >= 0.6 is 0 Å². The van der Waals surface area contributed by atoms with Gasteiger partial charge in [0.1, 0.15) is 13.6 Å². The lowest BCUT2D eigenvalue weighted by Crippen LogP contribution is -2.37. The van der Waals surface area contributed by atoms with Crippen LogP contribution in [-0.4, -0.2) is 26.2 Å². The van der Waals surface area contributed by atoms with Crippen molar-refractivity contribution in [2.75, 3.05) is 0 Å². The smallest absolute Gasteiger partial charge is 0.306 e. The van der Waals surface area contributed by atoms with Gasteiger partial charge in [0.05, 0.1) is 16.7 Å². The topological polar surface area (TPSA) is 71.9 Å². The van der Waals surface area contributed by atoms with Crippen molar-refractivity contribution in [3.63, 3.8) is 0 Å². The van der Waals surface area contributed by atoms with Crippen molar-refractivity contribution in [1.82, 2.24) is 15.1 Å². The molecule has 1 aromatic heterocycles. The van der Waals surface area contributed by atoms with Crippen LogP contribution in [0.15, 0.2) is 6.33 Å². The summed E-state index contributed by atoms with van der Waals surface area (Å²) >= 11 is 0. The number of carbonyl (C=O) groups is 1. The van der Waals surface area contributed by atoms with Crippen LogP contribution in [-0.2, 0) is 18.4 Å². The van der Waals surface area contributed by atoms with Gasteiger partial charge in [0, 0.05) is 0 Å². The zero-order valence-corrected chi connectivity index (χ0v) is 6.14. The number of hydrogen-bond acceptors (Lipinski definition) is 3. The molecule has 0 aliphatic carbocycles. The summed E-state index contributed by atoms with van der Waals surface area (Å²) in [6.45, 7) is 0.364. The van der Waals surface area contributed by atoms with Gasteiger partial charge in [-0.2, -0.15) is 0 Å². The molecule has 6 heteroatoms. The number of nitrogens with zero attached hydrogens (tertiary/aromatic N) is 4. The Balaban J connectivity index is 2.45. The lowest BCUT2D eigenvalue weighted by atomic mass is 10.4. The fourth-order valence-electron chi connectivity index (χ4n) is 0.659. The summed E-state index contributed by atoms with van der Waals surface area (Å²) in [6.07, 6.45) is 1.56. The van der Waals surface area contributed by atoms with E-state index in [0.29, 0.717) is 6.54 Å². The predicted molar refractivity (Wildman–Crippen MR) is 33.5 cm³/mol. The van der Waals surface area contributed by atoms with Crippen molar-refractivity contribution in [3.8, 4) is 0 Å². The molecule has 0 saturated carbocycles. The second-order valence-electron chi connectivity index (χ2n) is 2.12. The van der Waals surface area contributed by atoms with Crippen molar-refractivity contribution >= 4 is 5.97 Å². The summed E-state index contributed by atoms with van der Waals surface area (Å²) in [5, 5.41) is 15.9. The predicted octanol–water partition coefficient (Wildman–Crippen LogP) is -1.42. The molecule has 6 nitrogen and oxygen atoms in total. The second-order valence-corrected chi connectivity index (χ2v) is 2.12. The number of rotatable bonds is 3. The Bertz CT molecular complexity index is 257. The van der Waals surface area contributed by atoms with Crippen LogP contribution in [0.4, 0.5) is 0 Å². The van der Waals surface area contributed by atoms with E-state index in [1.54, 1.807) is 7.05 Å². The molecular weight excluding hydrogens is 148 g/mol. The highest BCUT2D eigenvalue weighted by Gasteiger charge is 2.04. The van der Waals surface area contributed by atoms with Crippen molar-refractivity contribution in [2.45, 2.75) is 13.0 Å². The van der Waals surface area contributed by atoms with Gasteiger partial charge in [-0.1, -0.05) is 0 Å². The highest BCUT2D eigenvalue weighted by molar-refractivity contribution is 5.66. The van der Waals surface area contributed by atoms with Crippen LogP contribution in [0.5, 0.6) is 0 Å². The lowest BCUT2D eigenvalue weighted by Gasteiger charge is -1.87.